The average Bonchev–Trinajstić information content (AvgIpc) is 2.65. The lowest BCUT2D eigenvalue weighted by atomic mass is 10.1. The minimum atomic E-state index is -0.514. The molecular formula is C19H20N2O5. The topological polar surface area (TPSA) is 93.7 Å². The van der Waals surface area contributed by atoms with Crippen LogP contribution in [0.4, 0.5) is 0 Å². The summed E-state index contributed by atoms with van der Waals surface area (Å²) < 4.78 is 10.6. The first-order chi connectivity index (χ1) is 12.5. The number of Topliss-reactive ketones (excluding diaryl/α,β-unsaturated/α-hetero) is 1. The number of carbonyl (C=O) groups is 3. The highest BCUT2D eigenvalue weighted by Gasteiger charge is 2.08. The van der Waals surface area contributed by atoms with E-state index in [1.165, 1.54) is 6.92 Å². The highest BCUT2D eigenvalue weighted by molar-refractivity contribution is 5.95. The molecule has 2 aromatic rings. The van der Waals surface area contributed by atoms with Gasteiger partial charge in [0.1, 0.15) is 11.5 Å². The average molecular weight is 356 g/mol. The second-order valence-corrected chi connectivity index (χ2v) is 5.33. The molecule has 2 aromatic carbocycles. The summed E-state index contributed by atoms with van der Waals surface area (Å²) in [4.78, 5) is 34.9. The van der Waals surface area contributed by atoms with Crippen LogP contribution in [0.2, 0.25) is 0 Å². The fraction of sp³-hybridized carbons (Fsp3) is 0.211. The second kappa shape index (κ2) is 9.22. The van der Waals surface area contributed by atoms with Crippen LogP contribution in [-0.2, 0) is 4.79 Å². The number of benzene rings is 2. The van der Waals surface area contributed by atoms with Crippen molar-refractivity contribution in [2.24, 2.45) is 0 Å². The highest BCUT2D eigenvalue weighted by Crippen LogP contribution is 2.13. The maximum absolute atomic E-state index is 12.0. The smallest absolute Gasteiger partial charge is 0.276 e. The van der Waals surface area contributed by atoms with Crippen LogP contribution in [0.1, 0.15) is 34.6 Å². The Balaban J connectivity index is 1.77. The van der Waals surface area contributed by atoms with Gasteiger partial charge >= 0.3 is 0 Å². The molecule has 0 unspecified atom stereocenters. The molecule has 2 rings (SSSR count). The van der Waals surface area contributed by atoms with Gasteiger partial charge in [0, 0.05) is 11.1 Å². The molecule has 0 saturated carbocycles. The number of hydrazine groups is 1. The molecule has 0 aliphatic rings. The van der Waals surface area contributed by atoms with Crippen LogP contribution in [0, 0.1) is 0 Å². The van der Waals surface area contributed by atoms with Crippen molar-refractivity contribution in [3.05, 3.63) is 59.7 Å². The maximum Gasteiger partial charge on any atom is 0.276 e. The molecule has 7 heteroatoms. The molecule has 7 nitrogen and oxygen atoms in total. The normalized spacial score (nSPS) is 9.92. The first kappa shape index (κ1) is 19.0. The number of hydrogen-bond donors (Lipinski definition) is 2. The maximum atomic E-state index is 12.0. The summed E-state index contributed by atoms with van der Waals surface area (Å²) in [6, 6.07) is 13.0. The summed E-state index contributed by atoms with van der Waals surface area (Å²) in [5, 5.41) is 0. The van der Waals surface area contributed by atoms with Crippen molar-refractivity contribution in [3.63, 3.8) is 0 Å². The van der Waals surface area contributed by atoms with Crippen molar-refractivity contribution < 1.29 is 23.9 Å². The Hall–Kier alpha value is -3.35. The first-order valence-corrected chi connectivity index (χ1v) is 8.05. The van der Waals surface area contributed by atoms with Crippen LogP contribution in [-0.4, -0.2) is 30.8 Å². The molecule has 0 fully saturated rings. The van der Waals surface area contributed by atoms with Crippen LogP contribution >= 0.6 is 0 Å². The van der Waals surface area contributed by atoms with E-state index in [1.54, 1.807) is 48.5 Å². The molecule has 0 aromatic heterocycles. The number of ether oxygens (including phenoxy) is 2. The van der Waals surface area contributed by atoms with E-state index in [4.69, 9.17) is 9.47 Å². The molecule has 0 heterocycles. The number of amides is 2. The lowest BCUT2D eigenvalue weighted by molar-refractivity contribution is -0.123. The minimum Gasteiger partial charge on any atom is -0.494 e. The molecule has 0 atom stereocenters. The summed E-state index contributed by atoms with van der Waals surface area (Å²) in [5.74, 6) is 0.0960. The van der Waals surface area contributed by atoms with Crippen molar-refractivity contribution in [1.82, 2.24) is 10.9 Å². The van der Waals surface area contributed by atoms with Crippen LogP contribution in [0.25, 0.3) is 0 Å². The van der Waals surface area contributed by atoms with Crippen LogP contribution in [0.15, 0.2) is 48.5 Å². The molecule has 26 heavy (non-hydrogen) atoms. The van der Waals surface area contributed by atoms with Crippen molar-refractivity contribution in [3.8, 4) is 11.5 Å². The number of carbonyl (C=O) groups excluding carboxylic acids is 3. The van der Waals surface area contributed by atoms with Gasteiger partial charge in [-0.05, 0) is 62.4 Å². The van der Waals surface area contributed by atoms with Crippen LogP contribution in [0.5, 0.6) is 11.5 Å². The SMILES string of the molecule is CCOc1ccc(C(=O)NNC(=O)COc2ccc(C(C)=O)cc2)cc1. The molecule has 2 amide bonds. The summed E-state index contributed by atoms with van der Waals surface area (Å²) in [6.45, 7) is 3.61. The van der Waals surface area contributed by atoms with Crippen molar-refractivity contribution in [1.29, 1.82) is 0 Å². The zero-order chi connectivity index (χ0) is 18.9. The predicted octanol–water partition coefficient (Wildman–Crippen LogP) is 2.13. The molecule has 0 bridgehead atoms. The molecule has 0 aliphatic carbocycles. The zero-order valence-corrected chi connectivity index (χ0v) is 14.6. The lowest BCUT2D eigenvalue weighted by Gasteiger charge is -2.09. The van der Waals surface area contributed by atoms with Gasteiger partial charge in [0.2, 0.25) is 0 Å². The summed E-state index contributed by atoms with van der Waals surface area (Å²) in [7, 11) is 0. The molecular weight excluding hydrogens is 336 g/mol. The van der Waals surface area contributed by atoms with Crippen LogP contribution < -0.4 is 20.3 Å². The van der Waals surface area contributed by atoms with Crippen molar-refractivity contribution in [2.75, 3.05) is 13.2 Å². The quantitative estimate of drug-likeness (QED) is 0.585. The number of hydrogen-bond acceptors (Lipinski definition) is 5. The lowest BCUT2D eigenvalue weighted by Crippen LogP contribution is -2.43. The Morgan fingerprint density at radius 3 is 1.88 bits per heavy atom. The largest absolute Gasteiger partial charge is 0.494 e. The Morgan fingerprint density at radius 1 is 0.808 bits per heavy atom. The summed E-state index contributed by atoms with van der Waals surface area (Å²) in [5.41, 5.74) is 5.52. The van der Waals surface area contributed by atoms with Gasteiger partial charge in [0.15, 0.2) is 12.4 Å². The fourth-order valence-electron chi connectivity index (χ4n) is 2.04. The van der Waals surface area contributed by atoms with E-state index >= 15 is 0 Å². The number of nitrogens with one attached hydrogen (secondary N) is 2. The fourth-order valence-corrected chi connectivity index (χ4v) is 2.04. The van der Waals surface area contributed by atoms with E-state index < -0.39 is 11.8 Å². The minimum absolute atomic E-state index is 0.0497. The van der Waals surface area contributed by atoms with E-state index in [2.05, 4.69) is 10.9 Å². The van der Waals surface area contributed by atoms with E-state index in [-0.39, 0.29) is 12.4 Å². The molecule has 0 aliphatic heterocycles. The number of ketones is 1. The Bertz CT molecular complexity index is 770. The second-order valence-electron chi connectivity index (χ2n) is 5.33. The monoisotopic (exact) mass is 356 g/mol. The first-order valence-electron chi connectivity index (χ1n) is 8.05. The third kappa shape index (κ3) is 5.62. The molecule has 0 saturated heterocycles. The third-order valence-electron chi connectivity index (χ3n) is 3.37. The Labute approximate surface area is 151 Å². The van der Waals surface area contributed by atoms with E-state index in [0.29, 0.717) is 29.2 Å². The van der Waals surface area contributed by atoms with Crippen LogP contribution in [0.3, 0.4) is 0 Å². The van der Waals surface area contributed by atoms with E-state index in [0.717, 1.165) is 0 Å². The Morgan fingerprint density at radius 2 is 1.35 bits per heavy atom. The van der Waals surface area contributed by atoms with Gasteiger partial charge in [0.25, 0.3) is 11.8 Å². The Kier molecular flexibility index (Phi) is 6.73. The summed E-state index contributed by atoms with van der Waals surface area (Å²) in [6.07, 6.45) is 0. The van der Waals surface area contributed by atoms with E-state index in [9.17, 15) is 14.4 Å². The number of rotatable bonds is 7. The van der Waals surface area contributed by atoms with Gasteiger partial charge in [-0.15, -0.1) is 0 Å². The van der Waals surface area contributed by atoms with Gasteiger partial charge in [-0.1, -0.05) is 0 Å². The zero-order valence-electron chi connectivity index (χ0n) is 14.6. The third-order valence-corrected chi connectivity index (χ3v) is 3.37. The predicted molar refractivity (Wildman–Crippen MR) is 95.2 cm³/mol. The van der Waals surface area contributed by atoms with Gasteiger partial charge in [-0.25, -0.2) is 0 Å². The highest BCUT2D eigenvalue weighted by atomic mass is 16.5. The van der Waals surface area contributed by atoms with Gasteiger partial charge < -0.3 is 9.47 Å². The van der Waals surface area contributed by atoms with Crippen molar-refractivity contribution in [2.45, 2.75) is 13.8 Å². The van der Waals surface area contributed by atoms with E-state index in [1.807, 2.05) is 6.92 Å². The van der Waals surface area contributed by atoms with Crippen molar-refractivity contribution >= 4 is 17.6 Å². The standard InChI is InChI=1S/C19H20N2O5/c1-3-25-16-10-6-15(7-11-16)19(24)21-20-18(23)12-26-17-8-4-14(5-9-17)13(2)22/h4-11H,3,12H2,1-2H3,(H,20,23)(H,21,24). The van der Waals surface area contributed by atoms with Gasteiger partial charge in [-0.2, -0.15) is 0 Å². The summed E-state index contributed by atoms with van der Waals surface area (Å²) >= 11 is 0. The molecule has 2 N–H and O–H groups in total. The van der Waals surface area contributed by atoms with Gasteiger partial charge in [-0.3, -0.25) is 25.2 Å². The molecule has 0 radical (unpaired) electrons. The van der Waals surface area contributed by atoms with Gasteiger partial charge in [0.05, 0.1) is 6.61 Å². The molecule has 136 valence electrons. The molecule has 0 spiro atoms.